The van der Waals surface area contributed by atoms with Gasteiger partial charge in [0, 0.05) is 21.2 Å². The van der Waals surface area contributed by atoms with E-state index in [1.165, 1.54) is 0 Å². The number of amides is 1. The first-order chi connectivity index (χ1) is 12.7. The van der Waals surface area contributed by atoms with Crippen LogP contribution in [0.25, 0.3) is 0 Å². The van der Waals surface area contributed by atoms with Crippen molar-refractivity contribution in [1.82, 2.24) is 10.3 Å². The zero-order valence-electron chi connectivity index (χ0n) is 18.6. The topological polar surface area (TPSA) is 62.2 Å². The van der Waals surface area contributed by atoms with E-state index in [-0.39, 0.29) is 27.4 Å². The molecule has 1 aromatic rings. The van der Waals surface area contributed by atoms with E-state index in [0.717, 1.165) is 5.56 Å². The van der Waals surface area contributed by atoms with Crippen LogP contribution in [0.3, 0.4) is 0 Å². The van der Waals surface area contributed by atoms with Gasteiger partial charge in [-0.25, -0.2) is 0 Å². The van der Waals surface area contributed by atoms with Crippen LogP contribution in [0, 0.1) is 10.8 Å². The highest BCUT2D eigenvalue weighted by Gasteiger charge is 2.44. The summed E-state index contributed by atoms with van der Waals surface area (Å²) in [5.41, 5.74) is -0.0499. The zero-order valence-corrected chi connectivity index (χ0v) is 20.8. The van der Waals surface area contributed by atoms with Crippen molar-refractivity contribution in [2.75, 3.05) is 6.61 Å². The summed E-state index contributed by atoms with van der Waals surface area (Å²) >= 11 is 2.45. The van der Waals surface area contributed by atoms with Crippen molar-refractivity contribution in [2.45, 2.75) is 76.7 Å². The Morgan fingerprint density at radius 2 is 1.82 bits per heavy atom. The lowest BCUT2D eigenvalue weighted by atomic mass is 9.64. The highest BCUT2D eigenvalue weighted by Crippen LogP contribution is 2.41. The average Bonchev–Trinajstić information content (AvgIpc) is 2.60. The van der Waals surface area contributed by atoms with Crippen LogP contribution in [0.15, 0.2) is 36.7 Å². The molecular formula is C23H37IN2O2. The van der Waals surface area contributed by atoms with Crippen molar-refractivity contribution in [3.8, 4) is 0 Å². The number of alkyl halides is 1. The third-order valence-electron chi connectivity index (χ3n) is 6.56. The van der Waals surface area contributed by atoms with Crippen molar-refractivity contribution >= 4 is 28.5 Å². The third-order valence-corrected chi connectivity index (χ3v) is 7.95. The molecule has 1 amide bonds. The number of carbonyl (C=O) groups excluding carboxylic acids is 1. The number of rotatable bonds is 9. The van der Waals surface area contributed by atoms with E-state index in [2.05, 4.69) is 86.6 Å². The monoisotopic (exact) mass is 500 g/mol. The first-order valence-electron chi connectivity index (χ1n) is 9.86. The normalized spacial score (nSPS) is 14.9. The number of pyridine rings is 1. The Morgan fingerprint density at radius 3 is 2.29 bits per heavy atom. The fourth-order valence-electron chi connectivity index (χ4n) is 2.65. The largest absolute Gasteiger partial charge is 0.394 e. The van der Waals surface area contributed by atoms with Crippen LogP contribution in [0.1, 0.15) is 67.4 Å². The molecule has 0 aliphatic carbocycles. The average molecular weight is 500 g/mol. The SMILES string of the molecule is CC(C)(I)C(C)(C)/C=C/CC(CO)NC(=O)C(C)(C)C(C)(C)c1cccnc1. The number of hydrogen-bond acceptors (Lipinski definition) is 3. The lowest BCUT2D eigenvalue weighted by Crippen LogP contribution is -2.52. The fourth-order valence-corrected chi connectivity index (χ4v) is 2.83. The second kappa shape index (κ2) is 9.24. The summed E-state index contributed by atoms with van der Waals surface area (Å²) < 4.78 is 0.106. The Balaban J connectivity index is 2.88. The minimum Gasteiger partial charge on any atom is -0.394 e. The first-order valence-corrected chi connectivity index (χ1v) is 10.9. The van der Waals surface area contributed by atoms with Crippen LogP contribution in [-0.2, 0) is 10.2 Å². The van der Waals surface area contributed by atoms with Gasteiger partial charge in [0.25, 0.3) is 0 Å². The number of nitrogens with zero attached hydrogens (tertiary/aromatic N) is 1. The maximum atomic E-state index is 13.1. The van der Waals surface area contributed by atoms with Gasteiger partial charge in [0.1, 0.15) is 0 Å². The summed E-state index contributed by atoms with van der Waals surface area (Å²) in [4.78, 5) is 17.3. The van der Waals surface area contributed by atoms with Gasteiger partial charge in [0.15, 0.2) is 0 Å². The number of nitrogens with one attached hydrogen (secondary N) is 1. The second-order valence-corrected chi connectivity index (χ2v) is 12.4. The number of halogens is 1. The Hall–Kier alpha value is -0.950. The molecule has 0 bridgehead atoms. The Bertz CT molecular complexity index is 674. The predicted molar refractivity (Wildman–Crippen MR) is 126 cm³/mol. The number of hydrogen-bond donors (Lipinski definition) is 2. The molecule has 0 aliphatic heterocycles. The van der Waals surface area contributed by atoms with E-state index < -0.39 is 10.8 Å². The number of aliphatic hydroxyl groups excluding tert-OH is 1. The summed E-state index contributed by atoms with van der Waals surface area (Å²) in [6, 6.07) is 3.59. The van der Waals surface area contributed by atoms with Gasteiger partial charge in [-0.1, -0.05) is 82.4 Å². The molecule has 28 heavy (non-hydrogen) atoms. The molecular weight excluding hydrogens is 463 g/mol. The van der Waals surface area contributed by atoms with Crippen molar-refractivity contribution in [1.29, 1.82) is 0 Å². The summed E-state index contributed by atoms with van der Waals surface area (Å²) in [7, 11) is 0. The lowest BCUT2D eigenvalue weighted by molar-refractivity contribution is -0.133. The molecule has 0 saturated carbocycles. The van der Waals surface area contributed by atoms with Crippen LogP contribution >= 0.6 is 22.6 Å². The first kappa shape index (κ1) is 25.1. The molecule has 0 aromatic carbocycles. The smallest absolute Gasteiger partial charge is 0.226 e. The van der Waals surface area contributed by atoms with Gasteiger partial charge in [-0.05, 0) is 37.3 Å². The fraction of sp³-hybridized carbons (Fsp3) is 0.652. The van der Waals surface area contributed by atoms with E-state index in [0.29, 0.717) is 6.42 Å². The molecule has 5 heteroatoms. The highest BCUT2D eigenvalue weighted by atomic mass is 127. The van der Waals surface area contributed by atoms with Crippen molar-refractivity contribution in [3.63, 3.8) is 0 Å². The molecule has 1 aromatic heterocycles. The molecule has 1 unspecified atom stereocenters. The van der Waals surface area contributed by atoms with E-state index in [1.807, 2.05) is 32.2 Å². The standard InChI is InChI=1S/C23H37IN2O2/c1-20(2,23(7,8)24)13-9-12-18(16-27)26-19(28)22(5,6)21(3,4)17-11-10-14-25-15-17/h9-11,13-15,18,27H,12,16H2,1-8H3,(H,26,28)/b13-9+. The Labute approximate surface area is 184 Å². The molecule has 158 valence electrons. The molecule has 0 fully saturated rings. The van der Waals surface area contributed by atoms with Crippen molar-refractivity contribution in [3.05, 3.63) is 42.2 Å². The quantitative estimate of drug-likeness (QED) is 0.284. The maximum Gasteiger partial charge on any atom is 0.226 e. The molecule has 1 atom stereocenters. The van der Waals surface area contributed by atoms with E-state index >= 15 is 0 Å². The van der Waals surface area contributed by atoms with E-state index in [9.17, 15) is 9.90 Å². The molecule has 0 radical (unpaired) electrons. The number of carbonyl (C=O) groups is 1. The predicted octanol–water partition coefficient (Wildman–Crippen LogP) is 5.05. The van der Waals surface area contributed by atoms with Gasteiger partial charge in [0.05, 0.1) is 18.1 Å². The lowest BCUT2D eigenvalue weighted by Gasteiger charge is -2.41. The van der Waals surface area contributed by atoms with Gasteiger partial charge < -0.3 is 10.4 Å². The Morgan fingerprint density at radius 1 is 1.21 bits per heavy atom. The molecule has 1 rings (SSSR count). The number of aliphatic hydroxyl groups is 1. The minimum atomic E-state index is -0.670. The Kier molecular flexibility index (Phi) is 8.28. The van der Waals surface area contributed by atoms with Crippen LogP contribution in [0.5, 0.6) is 0 Å². The van der Waals surface area contributed by atoms with Crippen LogP contribution in [-0.4, -0.2) is 32.1 Å². The van der Waals surface area contributed by atoms with Crippen LogP contribution < -0.4 is 5.32 Å². The van der Waals surface area contributed by atoms with Crippen molar-refractivity contribution < 1.29 is 9.90 Å². The molecule has 0 spiro atoms. The van der Waals surface area contributed by atoms with Crippen molar-refractivity contribution in [2.24, 2.45) is 10.8 Å². The highest BCUT2D eigenvalue weighted by molar-refractivity contribution is 14.1. The molecule has 1 heterocycles. The summed E-state index contributed by atoms with van der Waals surface area (Å²) in [6.45, 7) is 16.7. The molecule has 0 saturated heterocycles. The van der Waals surface area contributed by atoms with Gasteiger partial charge in [-0.3, -0.25) is 9.78 Å². The van der Waals surface area contributed by atoms with Crippen LogP contribution in [0.2, 0.25) is 0 Å². The van der Waals surface area contributed by atoms with Gasteiger partial charge >= 0.3 is 0 Å². The van der Waals surface area contributed by atoms with E-state index in [1.54, 1.807) is 6.20 Å². The number of allylic oxidation sites excluding steroid dienone is 1. The summed E-state index contributed by atoms with van der Waals surface area (Å²) in [5, 5.41) is 12.8. The zero-order chi connectivity index (χ0) is 21.8. The third kappa shape index (κ3) is 5.78. The summed E-state index contributed by atoms with van der Waals surface area (Å²) in [6.07, 6.45) is 8.40. The summed E-state index contributed by atoms with van der Waals surface area (Å²) in [5.74, 6) is -0.0673. The van der Waals surface area contributed by atoms with Gasteiger partial charge in [-0.15, -0.1) is 0 Å². The second-order valence-electron chi connectivity index (χ2n) is 9.68. The minimum absolute atomic E-state index is 0.0130. The molecule has 2 N–H and O–H groups in total. The maximum absolute atomic E-state index is 13.1. The van der Waals surface area contributed by atoms with Gasteiger partial charge in [0.2, 0.25) is 5.91 Å². The van der Waals surface area contributed by atoms with Gasteiger partial charge in [-0.2, -0.15) is 0 Å². The molecule has 4 nitrogen and oxygen atoms in total. The van der Waals surface area contributed by atoms with E-state index in [4.69, 9.17) is 0 Å². The van der Waals surface area contributed by atoms with Crippen LogP contribution in [0.4, 0.5) is 0 Å². The number of aromatic nitrogens is 1. The molecule has 0 aliphatic rings.